The third-order valence-corrected chi connectivity index (χ3v) is 4.85. The Bertz CT molecular complexity index is 956. The molecule has 150 valence electrons. The number of alkyl halides is 3. The fourth-order valence-electron chi connectivity index (χ4n) is 2.08. The van der Waals surface area contributed by atoms with Crippen LogP contribution >= 0.6 is 0 Å². The highest BCUT2D eigenvalue weighted by molar-refractivity contribution is 7.89. The highest BCUT2D eigenvalue weighted by Gasteiger charge is 2.28. The summed E-state index contributed by atoms with van der Waals surface area (Å²) < 4.78 is 67.1. The molecule has 28 heavy (non-hydrogen) atoms. The second-order valence-corrected chi connectivity index (χ2v) is 7.39. The van der Waals surface area contributed by atoms with E-state index in [4.69, 9.17) is 4.74 Å². The Morgan fingerprint density at radius 3 is 2.36 bits per heavy atom. The highest BCUT2D eigenvalue weighted by atomic mass is 32.2. The number of nitrogens with one attached hydrogen (secondary N) is 2. The lowest BCUT2D eigenvalue weighted by atomic mass is 10.2. The number of benzene rings is 2. The van der Waals surface area contributed by atoms with E-state index in [0.29, 0.717) is 5.56 Å². The van der Waals surface area contributed by atoms with Crippen LogP contribution in [0.4, 0.5) is 18.9 Å². The molecule has 0 unspecified atom stereocenters. The smallest absolute Gasteiger partial charge is 0.422 e. The minimum Gasteiger partial charge on any atom is -0.482 e. The Labute approximate surface area is 160 Å². The summed E-state index contributed by atoms with van der Waals surface area (Å²) in [6, 6.07) is 11.5. The van der Waals surface area contributed by atoms with E-state index in [0.717, 1.165) is 0 Å². The summed E-state index contributed by atoms with van der Waals surface area (Å²) in [5.74, 6) is -0.696. The van der Waals surface area contributed by atoms with Gasteiger partial charge in [-0.1, -0.05) is 24.3 Å². The van der Waals surface area contributed by atoms with Crippen molar-refractivity contribution < 1.29 is 31.1 Å². The van der Waals surface area contributed by atoms with Crippen molar-refractivity contribution >= 4 is 27.7 Å². The predicted molar refractivity (Wildman–Crippen MR) is 98.3 cm³/mol. The topological polar surface area (TPSA) is 84.5 Å². The summed E-state index contributed by atoms with van der Waals surface area (Å²) in [7, 11) is -2.26. The molecule has 1 amide bonds. The number of amides is 1. The Hall–Kier alpha value is -2.85. The van der Waals surface area contributed by atoms with Gasteiger partial charge in [0.1, 0.15) is 5.75 Å². The molecule has 0 atom stereocenters. The normalized spacial score (nSPS) is 12.1. The third kappa shape index (κ3) is 6.39. The van der Waals surface area contributed by atoms with Crippen LogP contribution in [-0.4, -0.2) is 34.2 Å². The van der Waals surface area contributed by atoms with Gasteiger partial charge in [-0.25, -0.2) is 13.1 Å². The second kappa shape index (κ2) is 8.89. The van der Waals surface area contributed by atoms with Crippen molar-refractivity contribution in [3.8, 4) is 5.75 Å². The van der Waals surface area contributed by atoms with Crippen LogP contribution in [-0.2, 0) is 14.8 Å². The number of carbonyl (C=O) groups is 1. The van der Waals surface area contributed by atoms with Gasteiger partial charge in [-0.15, -0.1) is 0 Å². The van der Waals surface area contributed by atoms with Gasteiger partial charge in [0.15, 0.2) is 6.61 Å². The summed E-state index contributed by atoms with van der Waals surface area (Å²) in [5, 5.41) is 2.44. The molecule has 0 radical (unpaired) electrons. The maximum Gasteiger partial charge on any atom is 0.422 e. The summed E-state index contributed by atoms with van der Waals surface area (Å²) in [4.78, 5) is 12.1. The molecule has 0 aliphatic rings. The molecule has 0 aliphatic heterocycles. The first-order valence-corrected chi connectivity index (χ1v) is 9.40. The first-order valence-electron chi connectivity index (χ1n) is 7.92. The molecule has 2 aromatic carbocycles. The predicted octanol–water partition coefficient (Wildman–Crippen LogP) is 3.19. The zero-order valence-electron chi connectivity index (χ0n) is 14.7. The Morgan fingerprint density at radius 2 is 1.75 bits per heavy atom. The molecular weight excluding hydrogens is 397 g/mol. The van der Waals surface area contributed by atoms with Gasteiger partial charge in [-0.2, -0.15) is 13.2 Å². The lowest BCUT2D eigenvalue weighted by Crippen LogP contribution is -2.20. The molecular formula is C18H17F3N2O4S. The number of hydrogen-bond acceptors (Lipinski definition) is 4. The quantitative estimate of drug-likeness (QED) is 0.682. The number of ether oxygens (including phenoxy) is 1. The van der Waals surface area contributed by atoms with Crippen LogP contribution in [0.2, 0.25) is 0 Å². The van der Waals surface area contributed by atoms with E-state index in [9.17, 15) is 26.4 Å². The number of rotatable bonds is 7. The van der Waals surface area contributed by atoms with E-state index in [-0.39, 0.29) is 16.3 Å². The summed E-state index contributed by atoms with van der Waals surface area (Å²) >= 11 is 0. The van der Waals surface area contributed by atoms with E-state index in [1.54, 1.807) is 6.07 Å². The van der Waals surface area contributed by atoms with Gasteiger partial charge in [0, 0.05) is 6.08 Å². The molecule has 2 rings (SSSR count). The largest absolute Gasteiger partial charge is 0.482 e. The van der Waals surface area contributed by atoms with Crippen LogP contribution in [0.25, 0.3) is 6.08 Å². The van der Waals surface area contributed by atoms with E-state index in [1.807, 2.05) is 0 Å². The maximum absolute atomic E-state index is 12.3. The maximum atomic E-state index is 12.3. The van der Waals surface area contributed by atoms with E-state index in [2.05, 4.69) is 10.0 Å². The fourth-order valence-corrected chi connectivity index (χ4v) is 2.81. The van der Waals surface area contributed by atoms with Crippen molar-refractivity contribution in [1.82, 2.24) is 4.72 Å². The van der Waals surface area contributed by atoms with E-state index < -0.39 is 28.7 Å². The minimum atomic E-state index is -4.50. The molecule has 0 aromatic heterocycles. The minimum absolute atomic E-state index is 0.0762. The van der Waals surface area contributed by atoms with Gasteiger partial charge in [0.05, 0.1) is 10.6 Å². The van der Waals surface area contributed by atoms with Crippen molar-refractivity contribution in [2.45, 2.75) is 11.1 Å². The first-order chi connectivity index (χ1) is 13.1. The SMILES string of the molecule is CNS(=O)(=O)c1ccc(/C=C/C(=O)Nc2ccccc2OCC(F)(F)F)cc1. The molecule has 0 spiro atoms. The molecule has 0 saturated heterocycles. The molecule has 10 heteroatoms. The molecule has 0 fully saturated rings. The van der Waals surface area contributed by atoms with Crippen molar-refractivity contribution in [1.29, 1.82) is 0 Å². The molecule has 2 aromatic rings. The van der Waals surface area contributed by atoms with Crippen molar-refractivity contribution in [3.05, 3.63) is 60.2 Å². The summed E-state index contributed by atoms with van der Waals surface area (Å²) in [6.45, 7) is -1.47. The van der Waals surface area contributed by atoms with Gasteiger partial charge in [0.25, 0.3) is 0 Å². The van der Waals surface area contributed by atoms with Crippen LogP contribution in [0.1, 0.15) is 5.56 Å². The van der Waals surface area contributed by atoms with Gasteiger partial charge >= 0.3 is 6.18 Å². The zero-order chi connectivity index (χ0) is 20.8. The van der Waals surface area contributed by atoms with Crippen LogP contribution in [0.15, 0.2) is 59.5 Å². The van der Waals surface area contributed by atoms with Crippen molar-refractivity contribution in [2.24, 2.45) is 0 Å². The van der Waals surface area contributed by atoms with Crippen molar-refractivity contribution in [3.63, 3.8) is 0 Å². The number of halogens is 3. The van der Waals surface area contributed by atoms with Gasteiger partial charge < -0.3 is 10.1 Å². The van der Waals surface area contributed by atoms with Gasteiger partial charge in [0.2, 0.25) is 15.9 Å². The Balaban J connectivity index is 2.04. The highest BCUT2D eigenvalue weighted by Crippen LogP contribution is 2.26. The lowest BCUT2D eigenvalue weighted by molar-refractivity contribution is -0.153. The molecule has 6 nitrogen and oxygen atoms in total. The average molecular weight is 414 g/mol. The molecule has 0 aliphatic carbocycles. The standard InChI is InChI=1S/C18H17F3N2O4S/c1-22-28(25,26)14-9-6-13(7-10-14)8-11-17(24)23-15-4-2-3-5-16(15)27-12-18(19,20)21/h2-11,22H,12H2,1H3,(H,23,24)/b11-8+. The number of para-hydroxylation sites is 2. The second-order valence-electron chi connectivity index (χ2n) is 5.50. The van der Waals surface area contributed by atoms with Gasteiger partial charge in [-0.05, 0) is 43.0 Å². The fraction of sp³-hybridized carbons (Fsp3) is 0.167. The first kappa shape index (κ1) is 21.5. The van der Waals surface area contributed by atoms with Crippen LogP contribution < -0.4 is 14.8 Å². The number of carbonyl (C=O) groups excluding carboxylic acids is 1. The van der Waals surface area contributed by atoms with E-state index >= 15 is 0 Å². The number of hydrogen-bond donors (Lipinski definition) is 2. The van der Waals surface area contributed by atoms with Crippen LogP contribution in [0, 0.1) is 0 Å². The number of sulfonamides is 1. The van der Waals surface area contributed by atoms with Crippen molar-refractivity contribution in [2.75, 3.05) is 19.0 Å². The van der Waals surface area contributed by atoms with Crippen LogP contribution in [0.3, 0.4) is 0 Å². The third-order valence-electron chi connectivity index (χ3n) is 3.42. The molecule has 2 N–H and O–H groups in total. The zero-order valence-corrected chi connectivity index (χ0v) is 15.5. The number of anilines is 1. The molecule has 0 bridgehead atoms. The molecule has 0 heterocycles. The average Bonchev–Trinajstić information content (AvgIpc) is 2.65. The summed E-state index contributed by atoms with van der Waals surface area (Å²) in [5.41, 5.74) is 0.656. The van der Waals surface area contributed by atoms with E-state index in [1.165, 1.54) is 61.7 Å². The molecule has 0 saturated carbocycles. The van der Waals surface area contributed by atoms with Gasteiger partial charge in [-0.3, -0.25) is 4.79 Å². The Morgan fingerprint density at radius 1 is 1.11 bits per heavy atom. The monoisotopic (exact) mass is 414 g/mol. The summed E-state index contributed by atoms with van der Waals surface area (Å²) in [6.07, 6.45) is -1.89. The van der Waals surface area contributed by atoms with Crippen LogP contribution in [0.5, 0.6) is 5.75 Å². The Kier molecular flexibility index (Phi) is 6.81. The lowest BCUT2D eigenvalue weighted by Gasteiger charge is -2.13.